The number of nitrogen functional groups attached to an aromatic ring is 1. The number of nitriles is 2. The molecule has 4 rings (SSSR count). The van der Waals surface area contributed by atoms with Crippen molar-refractivity contribution in [1.82, 2.24) is 15.3 Å². The number of thiazole rings is 1. The molecule has 7 N–H and O–H groups in total. The van der Waals surface area contributed by atoms with Gasteiger partial charge in [-0.05, 0) is 49.2 Å². The summed E-state index contributed by atoms with van der Waals surface area (Å²) in [6, 6.07) is 17.7. The van der Waals surface area contributed by atoms with E-state index in [4.69, 9.17) is 43.3 Å². The van der Waals surface area contributed by atoms with Gasteiger partial charge < -0.3 is 32.0 Å². The molecule has 0 saturated carbocycles. The first-order valence-corrected chi connectivity index (χ1v) is 17.1. The van der Waals surface area contributed by atoms with E-state index < -0.39 is 17.9 Å². The van der Waals surface area contributed by atoms with Crippen LogP contribution in [0.3, 0.4) is 0 Å². The average molecular weight is 705 g/mol. The molecule has 2 aromatic carbocycles. The number of halogens is 1. The van der Waals surface area contributed by atoms with E-state index in [9.17, 15) is 20.1 Å². The molecular formula is C33H33ClN8O4S2. The topological polar surface area (TPSA) is 216 Å². The van der Waals surface area contributed by atoms with E-state index >= 15 is 0 Å². The van der Waals surface area contributed by atoms with Crippen LogP contribution in [0, 0.1) is 22.7 Å². The molecule has 0 aliphatic rings. The predicted molar refractivity (Wildman–Crippen MR) is 186 cm³/mol. The molecule has 0 spiro atoms. The highest BCUT2D eigenvalue weighted by Crippen LogP contribution is 2.37. The smallest absolute Gasteiger partial charge is 0.325 e. The molecule has 15 heteroatoms. The number of unbranched alkanes of at least 4 members (excludes halogenated alkanes) is 1. The van der Waals surface area contributed by atoms with Crippen molar-refractivity contribution in [2.75, 3.05) is 32.0 Å². The molecule has 248 valence electrons. The summed E-state index contributed by atoms with van der Waals surface area (Å²) in [6.45, 7) is 0.242. The Morgan fingerprint density at radius 2 is 1.71 bits per heavy atom. The van der Waals surface area contributed by atoms with Crippen LogP contribution >= 0.6 is 34.7 Å². The highest BCUT2D eigenvalue weighted by molar-refractivity contribution is 7.98. The van der Waals surface area contributed by atoms with Crippen LogP contribution in [0.4, 0.5) is 5.82 Å². The lowest BCUT2D eigenvalue weighted by Crippen LogP contribution is -2.43. The minimum absolute atomic E-state index is 0.0149. The number of hydrogen-bond acceptors (Lipinski definition) is 13. The third-order valence-corrected chi connectivity index (χ3v) is 9.09. The van der Waals surface area contributed by atoms with E-state index in [0.717, 1.165) is 29.1 Å². The number of rotatable bonds is 16. The van der Waals surface area contributed by atoms with Gasteiger partial charge in [0.2, 0.25) is 5.91 Å². The van der Waals surface area contributed by atoms with Crippen LogP contribution in [-0.4, -0.2) is 54.2 Å². The highest BCUT2D eigenvalue weighted by atomic mass is 35.5. The summed E-state index contributed by atoms with van der Waals surface area (Å²) in [5.74, 6) is -0.126. The van der Waals surface area contributed by atoms with Crippen LogP contribution in [0.25, 0.3) is 21.7 Å². The summed E-state index contributed by atoms with van der Waals surface area (Å²) < 4.78 is 10.8. The molecule has 0 saturated heterocycles. The number of ether oxygens (including phenoxy) is 2. The van der Waals surface area contributed by atoms with Crippen LogP contribution in [0.5, 0.6) is 5.75 Å². The lowest BCUT2D eigenvalue weighted by molar-refractivity contribution is -0.144. The summed E-state index contributed by atoms with van der Waals surface area (Å²) in [5, 5.41) is 26.3. The van der Waals surface area contributed by atoms with Crippen LogP contribution in [0.1, 0.15) is 36.1 Å². The Kier molecular flexibility index (Phi) is 13.6. The molecule has 0 bridgehead atoms. The number of carbonyl (C=O) groups excluding carboxylic acids is 2. The van der Waals surface area contributed by atoms with Gasteiger partial charge in [-0.2, -0.15) is 10.5 Å². The Hall–Kier alpha value is -4.70. The van der Waals surface area contributed by atoms with Gasteiger partial charge in [-0.3, -0.25) is 9.59 Å². The molecule has 2 heterocycles. The van der Waals surface area contributed by atoms with Crippen LogP contribution in [0.15, 0.2) is 58.9 Å². The third-order valence-electron chi connectivity index (χ3n) is 6.89. The van der Waals surface area contributed by atoms with Crippen molar-refractivity contribution in [1.29, 1.82) is 10.5 Å². The maximum atomic E-state index is 12.0. The molecule has 48 heavy (non-hydrogen) atoms. The number of anilines is 1. The van der Waals surface area contributed by atoms with Gasteiger partial charge in [0, 0.05) is 27.3 Å². The maximum absolute atomic E-state index is 12.0. The molecule has 0 aliphatic heterocycles. The second-order valence-corrected chi connectivity index (χ2v) is 12.6. The molecular weight excluding hydrogens is 672 g/mol. The van der Waals surface area contributed by atoms with E-state index in [-0.39, 0.29) is 36.7 Å². The Morgan fingerprint density at radius 1 is 1.00 bits per heavy atom. The molecule has 1 amide bonds. The number of nitrogens with two attached hydrogens (primary N) is 3. The van der Waals surface area contributed by atoms with Crippen molar-refractivity contribution in [2.24, 2.45) is 11.5 Å². The molecule has 0 radical (unpaired) electrons. The van der Waals surface area contributed by atoms with Gasteiger partial charge in [-0.25, -0.2) is 9.97 Å². The monoisotopic (exact) mass is 704 g/mol. The first kappa shape index (κ1) is 36.1. The molecule has 1 atom stereocenters. The normalized spacial score (nSPS) is 11.3. The third kappa shape index (κ3) is 9.90. The molecule has 0 aliphatic carbocycles. The van der Waals surface area contributed by atoms with Crippen molar-refractivity contribution in [3.05, 3.63) is 75.8 Å². The van der Waals surface area contributed by atoms with Gasteiger partial charge in [0.25, 0.3) is 0 Å². The maximum Gasteiger partial charge on any atom is 0.325 e. The standard InChI is InChI=1S/C33H33ClN8O4S2/c34-22-8-4-21(5-9-22)32-41-23(18-47-32)19-48-33-26(16-37)29(25(15-36)30(39)42-33)20-6-10-24(11-7-20)45-13-14-46-28(43)17-40-31(44)27(38)3-1-2-12-35/h4-11,18,27H,1-3,12-14,17,19,35,38H2,(H2,39,42)(H,40,44)/t27-/m0/s1. The molecule has 4 aromatic rings. The van der Waals surface area contributed by atoms with Gasteiger partial charge in [-0.1, -0.05) is 54.0 Å². The quantitative estimate of drug-likeness (QED) is 0.0713. The Bertz CT molecular complexity index is 1800. The number of aromatic nitrogens is 2. The SMILES string of the molecule is N#Cc1c(N)nc(SCc2csc(-c3ccc(Cl)cc3)n2)c(C#N)c1-c1ccc(OCCOC(=O)CNC(=O)[C@@H](N)CCCCN)cc1. The van der Waals surface area contributed by atoms with Crippen LogP contribution in [-0.2, 0) is 20.1 Å². The molecule has 2 aromatic heterocycles. The first-order valence-electron chi connectivity index (χ1n) is 14.8. The minimum Gasteiger partial charge on any atom is -0.490 e. The van der Waals surface area contributed by atoms with Crippen LogP contribution in [0.2, 0.25) is 5.02 Å². The number of hydrogen-bond donors (Lipinski definition) is 4. The number of pyridine rings is 1. The summed E-state index contributed by atoms with van der Waals surface area (Å²) in [5.41, 5.74) is 20.5. The number of thioether (sulfide) groups is 1. The summed E-state index contributed by atoms with van der Waals surface area (Å²) in [7, 11) is 0. The molecule has 0 fully saturated rings. The van der Waals surface area contributed by atoms with Crippen LogP contribution < -0.4 is 27.3 Å². The fourth-order valence-electron chi connectivity index (χ4n) is 4.45. The molecule has 0 unspecified atom stereocenters. The van der Waals surface area contributed by atoms with Gasteiger partial charge in [0.15, 0.2) is 0 Å². The summed E-state index contributed by atoms with van der Waals surface area (Å²) in [4.78, 5) is 33.1. The minimum atomic E-state index is -0.712. The first-order chi connectivity index (χ1) is 23.2. The zero-order chi connectivity index (χ0) is 34.5. The number of carbonyl (C=O) groups is 2. The summed E-state index contributed by atoms with van der Waals surface area (Å²) >= 11 is 8.81. The molecule has 12 nitrogen and oxygen atoms in total. The largest absolute Gasteiger partial charge is 0.490 e. The predicted octanol–water partition coefficient (Wildman–Crippen LogP) is 4.64. The Balaban J connectivity index is 1.34. The fourth-order valence-corrected chi connectivity index (χ4v) is 6.39. The Labute approximate surface area is 291 Å². The van der Waals surface area contributed by atoms with E-state index in [1.54, 1.807) is 24.3 Å². The van der Waals surface area contributed by atoms with Crippen molar-refractivity contribution in [2.45, 2.75) is 36.1 Å². The van der Waals surface area contributed by atoms with Gasteiger partial charge in [0.05, 0.1) is 17.3 Å². The van der Waals surface area contributed by atoms with Gasteiger partial charge in [0.1, 0.15) is 59.1 Å². The van der Waals surface area contributed by atoms with Crippen molar-refractivity contribution in [3.63, 3.8) is 0 Å². The number of nitrogens with one attached hydrogen (secondary N) is 1. The van der Waals surface area contributed by atoms with Gasteiger partial charge >= 0.3 is 5.97 Å². The van der Waals surface area contributed by atoms with Crippen molar-refractivity contribution < 1.29 is 19.1 Å². The average Bonchev–Trinajstić information content (AvgIpc) is 3.57. The lowest BCUT2D eigenvalue weighted by Gasteiger charge is -2.14. The summed E-state index contributed by atoms with van der Waals surface area (Å²) in [6.07, 6.45) is 1.98. The van der Waals surface area contributed by atoms with Crippen molar-refractivity contribution >= 4 is 52.4 Å². The van der Waals surface area contributed by atoms with E-state index in [0.29, 0.717) is 45.6 Å². The Morgan fingerprint density at radius 3 is 2.40 bits per heavy atom. The van der Waals surface area contributed by atoms with E-state index in [1.807, 2.05) is 29.6 Å². The number of benzene rings is 2. The fraction of sp³-hybridized carbons (Fsp3) is 0.273. The van der Waals surface area contributed by atoms with Crippen molar-refractivity contribution in [3.8, 4) is 39.6 Å². The number of nitrogens with zero attached hydrogens (tertiary/aromatic N) is 4. The zero-order valence-electron chi connectivity index (χ0n) is 25.8. The number of amides is 1. The lowest BCUT2D eigenvalue weighted by atomic mass is 9.97. The van der Waals surface area contributed by atoms with E-state index in [2.05, 4.69) is 22.4 Å². The van der Waals surface area contributed by atoms with E-state index in [1.165, 1.54) is 23.1 Å². The second-order valence-electron chi connectivity index (χ2n) is 10.3. The number of esters is 1. The van der Waals surface area contributed by atoms with Gasteiger partial charge in [-0.15, -0.1) is 11.3 Å². The highest BCUT2D eigenvalue weighted by Gasteiger charge is 2.21. The second kappa shape index (κ2) is 18.0. The zero-order valence-corrected chi connectivity index (χ0v) is 28.2.